The number of aldehydes is 1. The van der Waals surface area contributed by atoms with Crippen molar-refractivity contribution >= 4 is 12.0 Å². The zero-order valence-electron chi connectivity index (χ0n) is 9.70. The lowest BCUT2D eigenvalue weighted by molar-refractivity contribution is -0.386. The molecule has 18 heavy (non-hydrogen) atoms. The first-order valence-electron chi connectivity index (χ1n) is 5.68. The van der Waals surface area contributed by atoms with Crippen LogP contribution in [0, 0.1) is 10.1 Å². The smallest absolute Gasteiger partial charge is 0.310 e. The molecule has 0 atom stereocenters. The molecule has 2 rings (SSSR count). The molecule has 1 aliphatic rings. The van der Waals surface area contributed by atoms with Crippen molar-refractivity contribution in [2.45, 2.75) is 18.9 Å². The Morgan fingerprint density at radius 3 is 2.72 bits per heavy atom. The second kappa shape index (κ2) is 5.59. The van der Waals surface area contributed by atoms with Gasteiger partial charge in [0.25, 0.3) is 0 Å². The third-order valence-corrected chi connectivity index (χ3v) is 2.78. The van der Waals surface area contributed by atoms with E-state index in [0.29, 0.717) is 37.9 Å². The third-order valence-electron chi connectivity index (χ3n) is 2.78. The number of nitro benzene ring substituents is 1. The number of carbonyl (C=O) groups is 1. The fraction of sp³-hybridized carbons (Fsp3) is 0.417. The van der Waals surface area contributed by atoms with Crippen LogP contribution in [-0.4, -0.2) is 30.5 Å². The monoisotopic (exact) mass is 251 g/mol. The molecule has 6 nitrogen and oxygen atoms in total. The molecule has 1 saturated heterocycles. The fourth-order valence-electron chi connectivity index (χ4n) is 1.82. The molecule has 0 radical (unpaired) electrons. The van der Waals surface area contributed by atoms with Gasteiger partial charge in [0.1, 0.15) is 12.4 Å². The van der Waals surface area contributed by atoms with Gasteiger partial charge in [0.15, 0.2) is 5.75 Å². The Kier molecular flexibility index (Phi) is 3.88. The van der Waals surface area contributed by atoms with E-state index < -0.39 is 4.92 Å². The molecular formula is C12H13NO5. The molecule has 1 aromatic carbocycles. The molecule has 0 saturated carbocycles. The average Bonchev–Trinajstić information content (AvgIpc) is 2.39. The van der Waals surface area contributed by atoms with E-state index in [-0.39, 0.29) is 17.5 Å². The van der Waals surface area contributed by atoms with Crippen molar-refractivity contribution in [2.75, 3.05) is 13.2 Å². The second-order valence-electron chi connectivity index (χ2n) is 4.03. The van der Waals surface area contributed by atoms with Crippen LogP contribution in [0.3, 0.4) is 0 Å². The van der Waals surface area contributed by atoms with Crippen LogP contribution in [0.2, 0.25) is 0 Å². The molecule has 0 unspecified atom stereocenters. The summed E-state index contributed by atoms with van der Waals surface area (Å²) < 4.78 is 10.8. The molecule has 0 aromatic heterocycles. The van der Waals surface area contributed by atoms with Crippen molar-refractivity contribution in [3.05, 3.63) is 33.9 Å². The average molecular weight is 251 g/mol. The van der Waals surface area contributed by atoms with Crippen molar-refractivity contribution in [3.8, 4) is 5.75 Å². The lowest BCUT2D eigenvalue weighted by Crippen LogP contribution is -2.26. The molecule has 1 aliphatic heterocycles. The summed E-state index contributed by atoms with van der Waals surface area (Å²) in [7, 11) is 0. The molecule has 0 N–H and O–H groups in total. The normalized spacial score (nSPS) is 16.2. The van der Waals surface area contributed by atoms with Gasteiger partial charge in [-0.25, -0.2) is 0 Å². The van der Waals surface area contributed by atoms with Gasteiger partial charge in [0, 0.05) is 24.5 Å². The van der Waals surface area contributed by atoms with Crippen molar-refractivity contribution in [2.24, 2.45) is 0 Å². The van der Waals surface area contributed by atoms with Crippen LogP contribution in [0.4, 0.5) is 5.69 Å². The minimum absolute atomic E-state index is 0.0978. The molecule has 1 aromatic rings. The third kappa shape index (κ3) is 2.84. The van der Waals surface area contributed by atoms with Gasteiger partial charge < -0.3 is 9.47 Å². The Balaban J connectivity index is 2.22. The molecular weight excluding hydrogens is 238 g/mol. The lowest BCUT2D eigenvalue weighted by atomic mass is 10.1. The summed E-state index contributed by atoms with van der Waals surface area (Å²) in [5, 5.41) is 10.9. The van der Waals surface area contributed by atoms with Gasteiger partial charge in [0.2, 0.25) is 0 Å². The van der Waals surface area contributed by atoms with Gasteiger partial charge in [0.05, 0.1) is 18.1 Å². The fourth-order valence-corrected chi connectivity index (χ4v) is 1.82. The number of nitro groups is 1. The first-order chi connectivity index (χ1) is 8.70. The van der Waals surface area contributed by atoms with Crippen molar-refractivity contribution in [3.63, 3.8) is 0 Å². The Morgan fingerprint density at radius 1 is 1.39 bits per heavy atom. The van der Waals surface area contributed by atoms with Crippen LogP contribution in [0.1, 0.15) is 23.2 Å². The van der Waals surface area contributed by atoms with Gasteiger partial charge in [-0.15, -0.1) is 0 Å². The van der Waals surface area contributed by atoms with Gasteiger partial charge in [-0.2, -0.15) is 0 Å². The Hall–Kier alpha value is -1.95. The van der Waals surface area contributed by atoms with E-state index in [2.05, 4.69) is 0 Å². The van der Waals surface area contributed by atoms with Crippen molar-refractivity contribution in [1.82, 2.24) is 0 Å². The summed E-state index contributed by atoms with van der Waals surface area (Å²) in [6, 6.07) is 4.10. The molecule has 0 spiro atoms. The van der Waals surface area contributed by atoms with E-state index in [9.17, 15) is 14.9 Å². The van der Waals surface area contributed by atoms with Crippen LogP contribution in [-0.2, 0) is 4.74 Å². The molecule has 1 fully saturated rings. The van der Waals surface area contributed by atoms with Gasteiger partial charge >= 0.3 is 5.69 Å². The van der Waals surface area contributed by atoms with Crippen molar-refractivity contribution < 1.29 is 19.2 Å². The maximum atomic E-state index is 10.9. The zero-order chi connectivity index (χ0) is 13.0. The molecule has 0 amide bonds. The number of benzene rings is 1. The molecule has 0 aliphatic carbocycles. The minimum Gasteiger partial charge on any atom is -0.483 e. The van der Waals surface area contributed by atoms with Gasteiger partial charge in [-0.05, 0) is 12.1 Å². The summed E-state index contributed by atoms with van der Waals surface area (Å²) in [6.45, 7) is 1.18. The van der Waals surface area contributed by atoms with Crippen LogP contribution >= 0.6 is 0 Å². The minimum atomic E-state index is -0.511. The molecule has 0 bridgehead atoms. The summed E-state index contributed by atoms with van der Waals surface area (Å²) >= 11 is 0. The predicted molar refractivity (Wildman–Crippen MR) is 63.0 cm³/mol. The summed E-state index contributed by atoms with van der Waals surface area (Å²) in [4.78, 5) is 21.1. The van der Waals surface area contributed by atoms with E-state index >= 15 is 0 Å². The Morgan fingerprint density at radius 2 is 2.11 bits per heavy atom. The predicted octanol–water partition coefficient (Wildman–Crippen LogP) is 1.97. The lowest BCUT2D eigenvalue weighted by Gasteiger charge is -2.23. The highest BCUT2D eigenvalue weighted by Crippen LogP contribution is 2.29. The number of nitrogens with zero attached hydrogens (tertiary/aromatic N) is 1. The first kappa shape index (κ1) is 12.5. The Bertz CT molecular complexity index is 454. The SMILES string of the molecule is O=Cc1ccc([N+](=O)[O-])c(OC2CCOCC2)c1. The second-order valence-corrected chi connectivity index (χ2v) is 4.03. The highest BCUT2D eigenvalue weighted by Gasteiger charge is 2.21. The summed E-state index contributed by atoms with van der Waals surface area (Å²) in [6.07, 6.45) is 1.94. The van der Waals surface area contributed by atoms with E-state index in [1.807, 2.05) is 0 Å². The van der Waals surface area contributed by atoms with Crippen LogP contribution < -0.4 is 4.74 Å². The summed E-state index contributed by atoms with van der Waals surface area (Å²) in [5.41, 5.74) is 0.245. The van der Waals surface area contributed by atoms with Gasteiger partial charge in [-0.3, -0.25) is 14.9 Å². The van der Waals surface area contributed by atoms with Crippen molar-refractivity contribution in [1.29, 1.82) is 0 Å². The number of hydrogen-bond acceptors (Lipinski definition) is 5. The van der Waals surface area contributed by atoms with E-state index in [4.69, 9.17) is 9.47 Å². The van der Waals surface area contributed by atoms with Crippen LogP contribution in [0.5, 0.6) is 5.75 Å². The largest absolute Gasteiger partial charge is 0.483 e. The highest BCUT2D eigenvalue weighted by atomic mass is 16.6. The Labute approximate surface area is 104 Å². The number of ether oxygens (including phenoxy) is 2. The number of hydrogen-bond donors (Lipinski definition) is 0. The van der Waals surface area contributed by atoms with Gasteiger partial charge in [-0.1, -0.05) is 0 Å². The van der Waals surface area contributed by atoms with E-state index in [0.717, 1.165) is 0 Å². The first-order valence-corrected chi connectivity index (χ1v) is 5.68. The van der Waals surface area contributed by atoms with E-state index in [1.165, 1.54) is 18.2 Å². The number of rotatable bonds is 4. The maximum absolute atomic E-state index is 10.9. The molecule has 96 valence electrons. The van der Waals surface area contributed by atoms with Crippen LogP contribution in [0.15, 0.2) is 18.2 Å². The topological polar surface area (TPSA) is 78.7 Å². The van der Waals surface area contributed by atoms with Crippen LogP contribution in [0.25, 0.3) is 0 Å². The standard InChI is InChI=1S/C12H13NO5/c14-8-9-1-2-11(13(15)16)12(7-9)18-10-3-5-17-6-4-10/h1-2,7-8,10H,3-6H2. The highest BCUT2D eigenvalue weighted by molar-refractivity contribution is 5.76. The quantitative estimate of drug-likeness (QED) is 0.464. The van der Waals surface area contributed by atoms with E-state index in [1.54, 1.807) is 0 Å². The summed E-state index contributed by atoms with van der Waals surface area (Å²) in [5.74, 6) is 0.150. The number of carbonyl (C=O) groups excluding carboxylic acids is 1. The zero-order valence-corrected chi connectivity index (χ0v) is 9.70. The molecule has 6 heteroatoms. The maximum Gasteiger partial charge on any atom is 0.310 e. The molecule has 1 heterocycles.